The first-order valence-electron chi connectivity index (χ1n) is 5.65. The van der Waals surface area contributed by atoms with E-state index in [9.17, 15) is 0 Å². The van der Waals surface area contributed by atoms with Crippen LogP contribution in [0.15, 0.2) is 24.0 Å². The number of thiazole rings is 1. The van der Waals surface area contributed by atoms with E-state index in [1.165, 1.54) is 0 Å². The number of anilines is 1. The molecule has 3 heterocycles. The van der Waals surface area contributed by atoms with Crippen LogP contribution in [0.1, 0.15) is 10.7 Å². The maximum atomic E-state index is 4.41. The predicted molar refractivity (Wildman–Crippen MR) is 72.7 cm³/mol. The molecule has 0 aliphatic carbocycles. The molecule has 0 aromatic carbocycles. The van der Waals surface area contributed by atoms with Gasteiger partial charge in [0, 0.05) is 24.3 Å². The maximum Gasteiger partial charge on any atom is 0.154 e. The second-order valence-corrected chi connectivity index (χ2v) is 5.06. The zero-order chi connectivity index (χ0) is 12.5. The monoisotopic (exact) mass is 259 g/mol. The summed E-state index contributed by atoms with van der Waals surface area (Å²) in [5, 5.41) is 6.40. The Balaban J connectivity index is 1.86. The van der Waals surface area contributed by atoms with Crippen molar-refractivity contribution in [3.05, 3.63) is 34.7 Å². The Hall–Kier alpha value is -1.95. The van der Waals surface area contributed by atoms with Gasteiger partial charge in [-0.1, -0.05) is 0 Å². The van der Waals surface area contributed by atoms with Crippen LogP contribution in [0.25, 0.3) is 11.0 Å². The van der Waals surface area contributed by atoms with Gasteiger partial charge in [-0.05, 0) is 13.0 Å². The molecule has 0 atom stereocenters. The molecule has 0 spiro atoms. The van der Waals surface area contributed by atoms with Gasteiger partial charge in [-0.3, -0.25) is 0 Å². The maximum absolute atomic E-state index is 4.41. The summed E-state index contributed by atoms with van der Waals surface area (Å²) in [6, 6.07) is 1.96. The first kappa shape index (κ1) is 11.2. The van der Waals surface area contributed by atoms with E-state index in [4.69, 9.17) is 0 Å². The molecule has 6 heteroatoms. The van der Waals surface area contributed by atoms with Gasteiger partial charge in [0.15, 0.2) is 5.82 Å². The average Bonchev–Trinajstić information content (AvgIpc) is 2.94. The summed E-state index contributed by atoms with van der Waals surface area (Å²) < 4.78 is 1.98. The molecule has 0 bridgehead atoms. The highest BCUT2D eigenvalue weighted by atomic mass is 32.1. The molecule has 3 aromatic rings. The minimum absolute atomic E-state index is 0.682. The standard InChI is InChI=1S/C12H13N5S/c1-8-6-18-10(16-8)5-14-12-11-9(3-4-13-12)17(2)7-15-11/h3-4,6-7H,5H2,1-2H3,(H,13,14). The van der Waals surface area contributed by atoms with E-state index in [1.807, 2.05) is 30.0 Å². The molecular formula is C12H13N5S. The fraction of sp³-hybridized carbons (Fsp3) is 0.250. The van der Waals surface area contributed by atoms with E-state index in [0.29, 0.717) is 6.54 Å². The second kappa shape index (κ2) is 4.38. The minimum atomic E-state index is 0.682. The fourth-order valence-corrected chi connectivity index (χ4v) is 2.55. The third-order valence-corrected chi connectivity index (χ3v) is 3.68. The molecule has 92 valence electrons. The lowest BCUT2D eigenvalue weighted by Crippen LogP contribution is -2.01. The molecule has 5 nitrogen and oxygen atoms in total. The molecular weight excluding hydrogens is 246 g/mol. The van der Waals surface area contributed by atoms with Crippen molar-refractivity contribution in [2.45, 2.75) is 13.5 Å². The van der Waals surface area contributed by atoms with Gasteiger partial charge in [0.05, 0.1) is 18.4 Å². The number of hydrogen-bond donors (Lipinski definition) is 1. The molecule has 0 aliphatic rings. The molecule has 1 N–H and O–H groups in total. The Bertz CT molecular complexity index is 685. The number of fused-ring (bicyclic) bond motifs is 1. The summed E-state index contributed by atoms with van der Waals surface area (Å²) in [6.45, 7) is 2.68. The van der Waals surface area contributed by atoms with Crippen LogP contribution in [0.4, 0.5) is 5.82 Å². The predicted octanol–water partition coefficient (Wildman–Crippen LogP) is 2.35. The van der Waals surface area contributed by atoms with Crippen molar-refractivity contribution in [1.29, 1.82) is 0 Å². The van der Waals surface area contributed by atoms with Crippen molar-refractivity contribution in [2.75, 3.05) is 5.32 Å². The van der Waals surface area contributed by atoms with Crippen molar-refractivity contribution < 1.29 is 0 Å². The highest BCUT2D eigenvalue weighted by molar-refractivity contribution is 7.09. The van der Waals surface area contributed by atoms with Crippen molar-refractivity contribution in [1.82, 2.24) is 19.5 Å². The first-order valence-corrected chi connectivity index (χ1v) is 6.53. The van der Waals surface area contributed by atoms with Gasteiger partial charge < -0.3 is 9.88 Å². The largest absolute Gasteiger partial charge is 0.362 e. The van der Waals surface area contributed by atoms with E-state index in [-0.39, 0.29) is 0 Å². The van der Waals surface area contributed by atoms with Crippen molar-refractivity contribution >= 4 is 28.2 Å². The summed E-state index contributed by atoms with van der Waals surface area (Å²) in [7, 11) is 1.98. The Kier molecular flexibility index (Phi) is 2.71. The van der Waals surface area contributed by atoms with Gasteiger partial charge in [-0.15, -0.1) is 11.3 Å². The van der Waals surface area contributed by atoms with Crippen LogP contribution in [-0.4, -0.2) is 19.5 Å². The summed E-state index contributed by atoms with van der Waals surface area (Å²) >= 11 is 1.65. The highest BCUT2D eigenvalue weighted by Crippen LogP contribution is 2.19. The third-order valence-electron chi connectivity index (χ3n) is 2.72. The molecule has 3 aromatic heterocycles. The van der Waals surface area contributed by atoms with Crippen LogP contribution in [0.2, 0.25) is 0 Å². The highest BCUT2D eigenvalue weighted by Gasteiger charge is 2.07. The summed E-state index contributed by atoms with van der Waals surface area (Å²) in [4.78, 5) is 13.1. The molecule has 0 aliphatic heterocycles. The summed E-state index contributed by atoms with van der Waals surface area (Å²) in [5.74, 6) is 0.806. The molecule has 0 unspecified atom stereocenters. The average molecular weight is 259 g/mol. The van der Waals surface area contributed by atoms with Crippen LogP contribution in [0.5, 0.6) is 0 Å². The summed E-state index contributed by atoms with van der Waals surface area (Å²) in [5.41, 5.74) is 3.02. The van der Waals surface area contributed by atoms with Gasteiger partial charge in [0.2, 0.25) is 0 Å². The van der Waals surface area contributed by atoms with Gasteiger partial charge in [-0.2, -0.15) is 0 Å². The lowest BCUT2D eigenvalue weighted by atomic mass is 10.4. The molecule has 0 saturated carbocycles. The molecule has 0 radical (unpaired) electrons. The van der Waals surface area contributed by atoms with Crippen LogP contribution in [-0.2, 0) is 13.6 Å². The van der Waals surface area contributed by atoms with Crippen LogP contribution in [0.3, 0.4) is 0 Å². The molecule has 0 fully saturated rings. The Morgan fingerprint density at radius 3 is 3.06 bits per heavy atom. The normalized spacial score (nSPS) is 11.0. The molecule has 3 rings (SSSR count). The number of imidazole rings is 1. The van der Waals surface area contributed by atoms with Crippen LogP contribution >= 0.6 is 11.3 Å². The quantitative estimate of drug-likeness (QED) is 0.784. The lowest BCUT2D eigenvalue weighted by Gasteiger charge is -2.04. The summed E-state index contributed by atoms with van der Waals surface area (Å²) in [6.07, 6.45) is 3.59. The van der Waals surface area contributed by atoms with E-state index < -0.39 is 0 Å². The van der Waals surface area contributed by atoms with Crippen molar-refractivity contribution in [2.24, 2.45) is 7.05 Å². The number of aromatic nitrogens is 4. The zero-order valence-electron chi connectivity index (χ0n) is 10.2. The molecule has 18 heavy (non-hydrogen) atoms. The Morgan fingerprint density at radius 1 is 1.39 bits per heavy atom. The number of nitrogens with one attached hydrogen (secondary N) is 1. The topological polar surface area (TPSA) is 55.6 Å². The fourth-order valence-electron chi connectivity index (χ4n) is 1.83. The van der Waals surface area contributed by atoms with Crippen molar-refractivity contribution in [3.8, 4) is 0 Å². The second-order valence-electron chi connectivity index (χ2n) is 4.12. The Morgan fingerprint density at radius 2 is 2.28 bits per heavy atom. The van der Waals surface area contributed by atoms with Gasteiger partial charge in [0.1, 0.15) is 10.5 Å². The van der Waals surface area contributed by atoms with Gasteiger partial charge in [-0.25, -0.2) is 15.0 Å². The molecule has 0 amide bonds. The smallest absolute Gasteiger partial charge is 0.154 e. The lowest BCUT2D eigenvalue weighted by molar-refractivity contribution is 0.947. The number of nitrogens with zero attached hydrogens (tertiary/aromatic N) is 4. The van der Waals surface area contributed by atoms with Crippen LogP contribution < -0.4 is 5.32 Å². The zero-order valence-corrected chi connectivity index (χ0v) is 11.0. The van der Waals surface area contributed by atoms with Crippen LogP contribution in [0, 0.1) is 6.92 Å². The number of aryl methyl sites for hydroxylation is 2. The van der Waals surface area contributed by atoms with E-state index in [1.54, 1.807) is 23.9 Å². The van der Waals surface area contributed by atoms with E-state index >= 15 is 0 Å². The van der Waals surface area contributed by atoms with E-state index in [0.717, 1.165) is 27.6 Å². The van der Waals surface area contributed by atoms with Gasteiger partial charge >= 0.3 is 0 Å². The number of pyridine rings is 1. The number of rotatable bonds is 3. The first-order chi connectivity index (χ1) is 8.74. The molecule has 0 saturated heterocycles. The minimum Gasteiger partial charge on any atom is -0.362 e. The Labute approximate surface area is 109 Å². The third kappa shape index (κ3) is 1.95. The van der Waals surface area contributed by atoms with Crippen molar-refractivity contribution in [3.63, 3.8) is 0 Å². The number of hydrogen-bond acceptors (Lipinski definition) is 5. The van der Waals surface area contributed by atoms with E-state index in [2.05, 4.69) is 20.3 Å². The van der Waals surface area contributed by atoms with Gasteiger partial charge in [0.25, 0.3) is 0 Å². The SMILES string of the molecule is Cc1csc(CNc2nccc3c2ncn3C)n1.